The fourth-order valence-electron chi connectivity index (χ4n) is 0.392. The molecule has 0 rings (SSSR count). The van der Waals surface area contributed by atoms with E-state index in [-0.39, 0.29) is 17.3 Å². The Hall–Kier alpha value is -1.85. The van der Waals surface area contributed by atoms with Crippen LogP contribution in [0.25, 0.3) is 0 Å². The molecular weight excluding hydrogens is 158 g/mol. The predicted molar refractivity (Wildman–Crippen MR) is 47.7 cm³/mol. The van der Waals surface area contributed by atoms with Crippen molar-refractivity contribution in [1.29, 1.82) is 10.8 Å². The smallest absolute Gasteiger partial charge is 0.174 e. The summed E-state index contributed by atoms with van der Waals surface area (Å²) in [6, 6.07) is 0. The van der Waals surface area contributed by atoms with Crippen molar-refractivity contribution in [3.05, 3.63) is 17.1 Å². The van der Waals surface area contributed by atoms with Gasteiger partial charge in [-0.05, 0) is 19.1 Å². The van der Waals surface area contributed by atoms with Gasteiger partial charge in [0.2, 0.25) is 0 Å². The van der Waals surface area contributed by atoms with Gasteiger partial charge in [-0.1, -0.05) is 5.10 Å². The monoisotopic (exact) mass is 167 g/mol. The van der Waals surface area contributed by atoms with Crippen molar-refractivity contribution in [2.24, 2.45) is 16.1 Å². The van der Waals surface area contributed by atoms with Crippen LogP contribution in [0.1, 0.15) is 6.92 Å². The summed E-state index contributed by atoms with van der Waals surface area (Å²) in [4.78, 5) is 9.58. The fraction of sp³-hybridized carbons (Fsp3) is 0.167. The van der Waals surface area contributed by atoms with Crippen molar-refractivity contribution < 1.29 is 0 Å². The molecule has 0 spiro atoms. The third-order valence-corrected chi connectivity index (χ3v) is 0.925. The van der Waals surface area contributed by atoms with Gasteiger partial charge in [0.15, 0.2) is 5.84 Å². The normalized spacial score (nSPS) is 11.6. The molecule has 0 bridgehead atoms. The number of hydrogen-bond donors (Lipinski definition) is 3. The molecule has 0 aromatic heterocycles. The standard InChI is InChI=1S/C6H9N5O/c1-4(7)2-3-5(8)6(9)10-11-12/h2-3,7-8H,1H3,(H2,9,10,12)/b3-2-,7-4?,8-5?. The minimum absolute atomic E-state index is 0.138. The largest absolute Gasteiger partial charge is 0.380 e. The highest BCUT2D eigenvalue weighted by Gasteiger charge is 1.96. The van der Waals surface area contributed by atoms with E-state index in [0.717, 1.165) is 0 Å². The van der Waals surface area contributed by atoms with Gasteiger partial charge in [0.05, 0.1) is 11.0 Å². The third-order valence-electron chi connectivity index (χ3n) is 0.925. The number of allylic oxidation sites excluding steroid dienone is 1. The molecule has 0 aromatic carbocycles. The van der Waals surface area contributed by atoms with Gasteiger partial charge in [0.25, 0.3) is 0 Å². The predicted octanol–water partition coefficient (Wildman–Crippen LogP) is 0.641. The van der Waals surface area contributed by atoms with E-state index in [0.29, 0.717) is 0 Å². The van der Waals surface area contributed by atoms with E-state index >= 15 is 0 Å². The topological polar surface area (TPSA) is 116 Å². The van der Waals surface area contributed by atoms with E-state index in [4.69, 9.17) is 16.6 Å². The van der Waals surface area contributed by atoms with Crippen LogP contribution in [-0.4, -0.2) is 17.3 Å². The zero-order valence-corrected chi connectivity index (χ0v) is 6.53. The summed E-state index contributed by atoms with van der Waals surface area (Å²) >= 11 is 0. The van der Waals surface area contributed by atoms with Crippen molar-refractivity contribution >= 4 is 17.3 Å². The van der Waals surface area contributed by atoms with E-state index in [9.17, 15) is 4.91 Å². The average molecular weight is 167 g/mol. The highest BCUT2D eigenvalue weighted by molar-refractivity contribution is 6.44. The van der Waals surface area contributed by atoms with E-state index in [1.807, 2.05) is 0 Å². The lowest BCUT2D eigenvalue weighted by Crippen LogP contribution is -2.20. The van der Waals surface area contributed by atoms with Gasteiger partial charge >= 0.3 is 0 Å². The lowest BCUT2D eigenvalue weighted by Gasteiger charge is -1.91. The zero-order chi connectivity index (χ0) is 9.56. The molecule has 0 fully saturated rings. The van der Waals surface area contributed by atoms with Gasteiger partial charge in [0, 0.05) is 5.71 Å². The molecule has 0 aliphatic rings. The Kier molecular flexibility index (Phi) is 4.13. The van der Waals surface area contributed by atoms with E-state index < -0.39 is 0 Å². The molecule has 0 saturated carbocycles. The van der Waals surface area contributed by atoms with E-state index in [1.54, 1.807) is 6.92 Å². The maximum Gasteiger partial charge on any atom is 0.174 e. The van der Waals surface area contributed by atoms with Crippen LogP contribution in [0.15, 0.2) is 22.5 Å². The molecule has 6 nitrogen and oxygen atoms in total. The second-order valence-electron chi connectivity index (χ2n) is 2.00. The molecule has 0 aliphatic carbocycles. The molecule has 0 unspecified atom stereocenters. The first kappa shape index (κ1) is 10.2. The van der Waals surface area contributed by atoms with Gasteiger partial charge in [-0.25, -0.2) is 0 Å². The number of nitrogens with two attached hydrogens (primary N) is 1. The summed E-state index contributed by atoms with van der Waals surface area (Å²) in [5.74, 6) is -0.262. The second-order valence-corrected chi connectivity index (χ2v) is 2.00. The lowest BCUT2D eigenvalue weighted by molar-refractivity contribution is 1.21. The summed E-state index contributed by atoms with van der Waals surface area (Å²) < 4.78 is 0. The Morgan fingerprint density at radius 2 is 2.00 bits per heavy atom. The molecule has 6 heteroatoms. The second kappa shape index (κ2) is 4.89. The van der Waals surface area contributed by atoms with Crippen molar-refractivity contribution in [2.75, 3.05) is 0 Å². The maximum atomic E-state index is 9.58. The summed E-state index contributed by atoms with van der Waals surface area (Å²) in [6.45, 7) is 1.55. The first-order chi connectivity index (χ1) is 5.57. The molecule has 0 aliphatic heterocycles. The summed E-state index contributed by atoms with van der Waals surface area (Å²) in [6.07, 6.45) is 2.64. The van der Waals surface area contributed by atoms with Crippen LogP contribution in [0.5, 0.6) is 0 Å². The van der Waals surface area contributed by atoms with Gasteiger partial charge in [-0.3, -0.25) is 5.41 Å². The number of hydrogen-bond acceptors (Lipinski definition) is 4. The van der Waals surface area contributed by atoms with Crippen LogP contribution >= 0.6 is 0 Å². The summed E-state index contributed by atoms with van der Waals surface area (Å²) in [5, 5.41) is 19.2. The van der Waals surface area contributed by atoms with Crippen molar-refractivity contribution in [3.63, 3.8) is 0 Å². The highest BCUT2D eigenvalue weighted by atomic mass is 16.3. The number of rotatable bonds is 4. The number of amidine groups is 1. The van der Waals surface area contributed by atoms with Crippen molar-refractivity contribution in [2.45, 2.75) is 6.92 Å². The van der Waals surface area contributed by atoms with Gasteiger partial charge in [0.1, 0.15) is 0 Å². The van der Waals surface area contributed by atoms with Crippen LogP contribution in [0.3, 0.4) is 0 Å². The SMILES string of the molecule is CC(=N)/C=C\C(=N)/C(N)=N/N=O. The maximum absolute atomic E-state index is 9.58. The molecule has 0 radical (unpaired) electrons. The molecule has 4 N–H and O–H groups in total. The minimum Gasteiger partial charge on any atom is -0.380 e. The fourth-order valence-corrected chi connectivity index (χ4v) is 0.392. The first-order valence-electron chi connectivity index (χ1n) is 3.06. The van der Waals surface area contributed by atoms with Crippen LogP contribution < -0.4 is 5.73 Å². The first-order valence-corrected chi connectivity index (χ1v) is 3.06. The molecule has 12 heavy (non-hydrogen) atoms. The van der Waals surface area contributed by atoms with Gasteiger partial charge < -0.3 is 11.1 Å². The van der Waals surface area contributed by atoms with Crippen molar-refractivity contribution in [1.82, 2.24) is 0 Å². The summed E-state index contributed by atoms with van der Waals surface area (Å²) in [5.41, 5.74) is 5.27. The van der Waals surface area contributed by atoms with Crippen LogP contribution in [0, 0.1) is 15.7 Å². The number of nitrogens with zero attached hydrogens (tertiary/aromatic N) is 2. The van der Waals surface area contributed by atoms with E-state index in [2.05, 4.69) is 10.4 Å². The Labute approximate surface area is 69.1 Å². The Morgan fingerprint density at radius 3 is 2.42 bits per heavy atom. The summed E-state index contributed by atoms with van der Waals surface area (Å²) in [7, 11) is 0. The molecule has 64 valence electrons. The minimum atomic E-state index is -0.262. The molecular formula is C6H9N5O. The Bertz CT molecular complexity index is 265. The molecule has 0 amide bonds. The van der Waals surface area contributed by atoms with Gasteiger partial charge in [-0.2, -0.15) is 0 Å². The Morgan fingerprint density at radius 1 is 1.42 bits per heavy atom. The number of nitrogens with one attached hydrogen (secondary N) is 2. The van der Waals surface area contributed by atoms with Crippen LogP contribution in [-0.2, 0) is 0 Å². The van der Waals surface area contributed by atoms with Gasteiger partial charge in [-0.15, -0.1) is 4.91 Å². The quantitative estimate of drug-likeness (QED) is 0.246. The van der Waals surface area contributed by atoms with E-state index in [1.165, 1.54) is 12.2 Å². The lowest BCUT2D eigenvalue weighted by atomic mass is 10.3. The highest BCUT2D eigenvalue weighted by Crippen LogP contribution is 1.82. The molecule has 0 saturated heterocycles. The molecule has 0 heterocycles. The zero-order valence-electron chi connectivity index (χ0n) is 6.53. The van der Waals surface area contributed by atoms with Crippen LogP contribution in [0.4, 0.5) is 0 Å². The Balaban J connectivity index is 4.32. The molecule has 0 atom stereocenters. The molecule has 0 aromatic rings. The number of nitroso groups, excluding NO2 is 1. The average Bonchev–Trinajstić information content (AvgIpc) is 2.00. The van der Waals surface area contributed by atoms with Crippen molar-refractivity contribution in [3.8, 4) is 0 Å². The van der Waals surface area contributed by atoms with Crippen LogP contribution in [0.2, 0.25) is 0 Å². The third kappa shape index (κ3) is 4.04.